The summed E-state index contributed by atoms with van der Waals surface area (Å²) in [6.07, 6.45) is 3.22. The van der Waals surface area contributed by atoms with Crippen molar-refractivity contribution in [2.24, 2.45) is 5.92 Å². The van der Waals surface area contributed by atoms with Crippen LogP contribution in [0.5, 0.6) is 0 Å². The normalized spacial score (nSPS) is 14.5. The average molecular weight is 466 g/mol. The Labute approximate surface area is 190 Å². The number of amides is 3. The zero-order valence-corrected chi connectivity index (χ0v) is 18.9. The van der Waals surface area contributed by atoms with Crippen molar-refractivity contribution in [3.8, 4) is 0 Å². The molecule has 0 unspecified atom stereocenters. The summed E-state index contributed by atoms with van der Waals surface area (Å²) in [5, 5.41) is 12.5. The fourth-order valence-electron chi connectivity index (χ4n) is 3.46. The minimum Gasteiger partial charge on any atom is -0.348 e. The van der Waals surface area contributed by atoms with Gasteiger partial charge in [-0.05, 0) is 30.9 Å². The van der Waals surface area contributed by atoms with Crippen molar-refractivity contribution in [3.63, 3.8) is 0 Å². The van der Waals surface area contributed by atoms with Crippen LogP contribution < -0.4 is 10.6 Å². The SMILES string of the molecule is CC(C)CC(=O)N1CCC(NC(=O)c2[nH]ncc2NC(=O)c2c(Cl)cccc2Cl)CC1. The summed E-state index contributed by atoms with van der Waals surface area (Å²) in [5.41, 5.74) is 0.481. The average Bonchev–Trinajstić information content (AvgIpc) is 3.16. The van der Waals surface area contributed by atoms with Gasteiger partial charge < -0.3 is 15.5 Å². The highest BCUT2D eigenvalue weighted by molar-refractivity contribution is 6.40. The van der Waals surface area contributed by atoms with E-state index < -0.39 is 5.91 Å². The van der Waals surface area contributed by atoms with E-state index in [-0.39, 0.29) is 44.8 Å². The summed E-state index contributed by atoms with van der Waals surface area (Å²) in [7, 11) is 0. The van der Waals surface area contributed by atoms with Gasteiger partial charge in [-0.1, -0.05) is 43.1 Å². The first kappa shape index (κ1) is 23.1. The third-order valence-corrected chi connectivity index (χ3v) is 5.70. The maximum absolute atomic E-state index is 12.7. The van der Waals surface area contributed by atoms with E-state index in [4.69, 9.17) is 23.2 Å². The van der Waals surface area contributed by atoms with E-state index in [1.807, 2.05) is 18.7 Å². The number of benzene rings is 1. The van der Waals surface area contributed by atoms with Crippen LogP contribution in [0.1, 0.15) is 54.0 Å². The van der Waals surface area contributed by atoms with Gasteiger partial charge in [-0.15, -0.1) is 0 Å². The van der Waals surface area contributed by atoms with Gasteiger partial charge in [0.25, 0.3) is 11.8 Å². The van der Waals surface area contributed by atoms with Crippen LogP contribution in [0.15, 0.2) is 24.4 Å². The minimum absolute atomic E-state index is 0.0690. The number of aromatic amines is 1. The molecule has 3 rings (SSSR count). The maximum Gasteiger partial charge on any atom is 0.271 e. The number of rotatable bonds is 6. The standard InChI is InChI=1S/C21H25Cl2N5O3/c1-12(2)10-17(29)28-8-6-13(7-9-28)25-21(31)19-16(11-24-27-19)26-20(30)18-14(22)4-3-5-15(18)23/h3-5,11-13H,6-10H2,1-2H3,(H,24,27)(H,25,31)(H,26,30). The molecular weight excluding hydrogens is 441 g/mol. The Morgan fingerprint density at radius 3 is 2.42 bits per heavy atom. The van der Waals surface area contributed by atoms with E-state index in [0.29, 0.717) is 38.3 Å². The number of likely N-dealkylation sites (tertiary alicyclic amines) is 1. The maximum atomic E-state index is 12.7. The summed E-state index contributed by atoms with van der Waals surface area (Å²) < 4.78 is 0. The highest BCUT2D eigenvalue weighted by Gasteiger charge is 2.26. The summed E-state index contributed by atoms with van der Waals surface area (Å²) in [6.45, 7) is 5.25. The van der Waals surface area contributed by atoms with Crippen molar-refractivity contribution in [2.75, 3.05) is 18.4 Å². The van der Waals surface area contributed by atoms with Crippen molar-refractivity contribution in [3.05, 3.63) is 45.7 Å². The molecule has 1 aliphatic heterocycles. The Morgan fingerprint density at radius 1 is 1.16 bits per heavy atom. The van der Waals surface area contributed by atoms with E-state index in [9.17, 15) is 14.4 Å². The molecule has 8 nitrogen and oxygen atoms in total. The molecule has 0 bridgehead atoms. The molecular formula is C21H25Cl2N5O3. The van der Waals surface area contributed by atoms with E-state index >= 15 is 0 Å². The van der Waals surface area contributed by atoms with Gasteiger partial charge in [0.1, 0.15) is 5.69 Å². The Bertz CT molecular complexity index is 947. The quantitative estimate of drug-likeness (QED) is 0.603. The van der Waals surface area contributed by atoms with Crippen LogP contribution in [-0.4, -0.2) is 52.0 Å². The van der Waals surface area contributed by atoms with Crippen molar-refractivity contribution < 1.29 is 14.4 Å². The van der Waals surface area contributed by atoms with Crippen LogP contribution in [0, 0.1) is 5.92 Å². The Kier molecular flexibility index (Phi) is 7.56. The van der Waals surface area contributed by atoms with Crippen molar-refractivity contribution in [1.29, 1.82) is 0 Å². The van der Waals surface area contributed by atoms with E-state index in [2.05, 4.69) is 20.8 Å². The first-order valence-electron chi connectivity index (χ1n) is 10.1. The van der Waals surface area contributed by atoms with Crippen LogP contribution in [0.25, 0.3) is 0 Å². The summed E-state index contributed by atoms with van der Waals surface area (Å²) in [4.78, 5) is 39.4. The number of aromatic nitrogens is 2. The van der Waals surface area contributed by atoms with Crippen molar-refractivity contribution in [2.45, 2.75) is 39.2 Å². The number of piperidine rings is 1. The van der Waals surface area contributed by atoms with Crippen LogP contribution >= 0.6 is 23.2 Å². The zero-order chi connectivity index (χ0) is 22.5. The molecule has 0 saturated carbocycles. The van der Waals surface area contributed by atoms with Gasteiger partial charge in [0.2, 0.25) is 5.91 Å². The summed E-state index contributed by atoms with van der Waals surface area (Å²) in [5.74, 6) is -0.454. The molecule has 0 aliphatic carbocycles. The molecule has 3 amide bonds. The van der Waals surface area contributed by atoms with Crippen molar-refractivity contribution in [1.82, 2.24) is 20.4 Å². The summed E-state index contributed by atoms with van der Waals surface area (Å²) in [6, 6.07) is 4.69. The molecule has 3 N–H and O–H groups in total. The number of anilines is 1. The number of carbonyl (C=O) groups excluding carboxylic acids is 3. The van der Waals surface area contributed by atoms with E-state index in [1.54, 1.807) is 18.2 Å². The first-order chi connectivity index (χ1) is 14.8. The van der Waals surface area contributed by atoms with Crippen LogP contribution in [0.3, 0.4) is 0 Å². The lowest BCUT2D eigenvalue weighted by Crippen LogP contribution is -2.46. The van der Waals surface area contributed by atoms with Crippen LogP contribution in [0.2, 0.25) is 10.0 Å². The third kappa shape index (κ3) is 5.77. The zero-order valence-electron chi connectivity index (χ0n) is 17.4. The Balaban J connectivity index is 1.59. The molecule has 1 aromatic heterocycles. The van der Waals surface area contributed by atoms with Gasteiger partial charge in [0, 0.05) is 25.6 Å². The summed E-state index contributed by atoms with van der Waals surface area (Å²) >= 11 is 12.2. The lowest BCUT2D eigenvalue weighted by atomic mass is 10.0. The van der Waals surface area contributed by atoms with Crippen molar-refractivity contribution >= 4 is 46.6 Å². The number of nitrogens with zero attached hydrogens (tertiary/aromatic N) is 2. The Morgan fingerprint density at radius 2 is 1.81 bits per heavy atom. The fourth-order valence-corrected chi connectivity index (χ4v) is 4.03. The monoisotopic (exact) mass is 465 g/mol. The molecule has 2 aromatic rings. The number of H-pyrrole nitrogens is 1. The second-order valence-electron chi connectivity index (χ2n) is 7.94. The second-order valence-corrected chi connectivity index (χ2v) is 8.75. The molecule has 0 spiro atoms. The molecule has 10 heteroatoms. The minimum atomic E-state index is -0.539. The van der Waals surface area contributed by atoms with E-state index in [1.165, 1.54) is 6.20 Å². The van der Waals surface area contributed by atoms with Gasteiger partial charge >= 0.3 is 0 Å². The molecule has 0 radical (unpaired) electrons. The number of hydrogen-bond donors (Lipinski definition) is 3. The lowest BCUT2D eigenvalue weighted by molar-refractivity contribution is -0.133. The van der Waals surface area contributed by atoms with Crippen LogP contribution in [0.4, 0.5) is 5.69 Å². The molecule has 1 aromatic carbocycles. The number of halogens is 2. The first-order valence-corrected chi connectivity index (χ1v) is 10.9. The molecule has 0 atom stereocenters. The predicted molar refractivity (Wildman–Crippen MR) is 120 cm³/mol. The van der Waals surface area contributed by atoms with Gasteiger partial charge in [-0.25, -0.2) is 0 Å². The second kappa shape index (κ2) is 10.2. The lowest BCUT2D eigenvalue weighted by Gasteiger charge is -2.32. The smallest absolute Gasteiger partial charge is 0.271 e. The van der Waals surface area contributed by atoms with Gasteiger partial charge in [0.05, 0.1) is 27.5 Å². The van der Waals surface area contributed by atoms with E-state index in [0.717, 1.165) is 0 Å². The van der Waals surface area contributed by atoms with Gasteiger partial charge in [0.15, 0.2) is 0 Å². The van der Waals surface area contributed by atoms with Gasteiger partial charge in [-0.3, -0.25) is 19.5 Å². The molecule has 166 valence electrons. The topological polar surface area (TPSA) is 107 Å². The molecule has 1 aliphatic rings. The highest BCUT2D eigenvalue weighted by atomic mass is 35.5. The van der Waals surface area contributed by atoms with Gasteiger partial charge in [-0.2, -0.15) is 5.10 Å². The predicted octanol–water partition coefficient (Wildman–Crippen LogP) is 3.74. The molecule has 2 heterocycles. The third-order valence-electron chi connectivity index (χ3n) is 5.07. The highest BCUT2D eigenvalue weighted by Crippen LogP contribution is 2.26. The molecule has 31 heavy (non-hydrogen) atoms. The largest absolute Gasteiger partial charge is 0.348 e. The van der Waals surface area contributed by atoms with Crippen LogP contribution in [-0.2, 0) is 4.79 Å². The number of carbonyl (C=O) groups is 3. The molecule has 1 fully saturated rings. The Hall–Kier alpha value is -2.58. The fraction of sp³-hybridized carbons (Fsp3) is 0.429. The number of nitrogens with one attached hydrogen (secondary N) is 3. The number of hydrogen-bond acceptors (Lipinski definition) is 4. The molecule has 1 saturated heterocycles.